The van der Waals surface area contributed by atoms with Crippen LogP contribution in [0, 0.1) is 6.92 Å². The Kier molecular flexibility index (Phi) is 5.57. The molecule has 0 fully saturated rings. The number of rotatable bonds is 6. The lowest BCUT2D eigenvalue weighted by molar-refractivity contribution is -0.118. The van der Waals surface area contributed by atoms with Crippen molar-refractivity contribution >= 4 is 21.7 Å². The van der Waals surface area contributed by atoms with Crippen molar-refractivity contribution in [2.45, 2.75) is 26.2 Å². The second kappa shape index (κ2) is 7.41. The molecule has 0 bridgehead atoms. The van der Waals surface area contributed by atoms with Crippen molar-refractivity contribution in [3.8, 4) is 5.75 Å². The summed E-state index contributed by atoms with van der Waals surface area (Å²) in [5.74, 6) is 1.02. The van der Waals surface area contributed by atoms with Gasteiger partial charge in [0.05, 0.1) is 7.11 Å². The molecule has 0 unspecified atom stereocenters. The number of ketones is 1. The summed E-state index contributed by atoms with van der Waals surface area (Å²) in [6, 6.07) is 13.9. The summed E-state index contributed by atoms with van der Waals surface area (Å²) in [7, 11) is 1.63. The monoisotopic (exact) mass is 346 g/mol. The number of carbonyl (C=O) groups is 1. The Hall–Kier alpha value is -1.61. The molecule has 2 aromatic rings. The first kappa shape index (κ1) is 15.8. The van der Waals surface area contributed by atoms with Gasteiger partial charge in [-0.25, -0.2) is 0 Å². The van der Waals surface area contributed by atoms with Crippen LogP contribution in [0.15, 0.2) is 46.9 Å². The Morgan fingerprint density at radius 2 is 1.90 bits per heavy atom. The van der Waals surface area contributed by atoms with Gasteiger partial charge in [-0.3, -0.25) is 4.79 Å². The average Bonchev–Trinajstić information content (AvgIpc) is 2.48. The predicted molar refractivity (Wildman–Crippen MR) is 88.9 cm³/mol. The van der Waals surface area contributed by atoms with Crippen molar-refractivity contribution in [2.24, 2.45) is 0 Å². The molecule has 3 heteroatoms. The molecule has 0 amide bonds. The van der Waals surface area contributed by atoms with Gasteiger partial charge in [-0.2, -0.15) is 0 Å². The number of Topliss-reactive ketones (excluding diaryl/α,β-unsaturated/α-hetero) is 1. The van der Waals surface area contributed by atoms with Crippen LogP contribution in [0.25, 0.3) is 0 Å². The normalized spacial score (nSPS) is 10.4. The number of ether oxygens (including phenoxy) is 1. The van der Waals surface area contributed by atoms with E-state index in [1.807, 2.05) is 30.3 Å². The molecule has 0 atom stereocenters. The summed E-state index contributed by atoms with van der Waals surface area (Å²) in [4.78, 5) is 12.2. The van der Waals surface area contributed by atoms with Crippen LogP contribution < -0.4 is 4.74 Å². The summed E-state index contributed by atoms with van der Waals surface area (Å²) in [5, 5.41) is 0. The lowest BCUT2D eigenvalue weighted by Crippen LogP contribution is -2.05. The van der Waals surface area contributed by atoms with Crippen molar-refractivity contribution in [1.29, 1.82) is 0 Å². The zero-order chi connectivity index (χ0) is 15.2. The maximum Gasteiger partial charge on any atom is 0.137 e. The number of aryl methyl sites for hydroxylation is 2. The van der Waals surface area contributed by atoms with Crippen LogP contribution in [0.5, 0.6) is 5.75 Å². The highest BCUT2D eigenvalue weighted by molar-refractivity contribution is 9.10. The molecule has 21 heavy (non-hydrogen) atoms. The van der Waals surface area contributed by atoms with Crippen molar-refractivity contribution in [3.63, 3.8) is 0 Å². The van der Waals surface area contributed by atoms with E-state index in [2.05, 4.69) is 35.0 Å². The Morgan fingerprint density at radius 1 is 1.14 bits per heavy atom. The minimum absolute atomic E-state index is 0.243. The Bertz CT molecular complexity index is 635. The van der Waals surface area contributed by atoms with E-state index >= 15 is 0 Å². The summed E-state index contributed by atoms with van der Waals surface area (Å²) in [6.45, 7) is 2.08. The molecule has 0 saturated heterocycles. The maximum atomic E-state index is 12.2. The standard InChI is InChI=1S/C18H19BrO2/c1-13-5-3-4-6-14(13)7-8-16(20)11-15-12-17(21-2)9-10-18(15)19/h3-6,9-10,12H,7-8,11H2,1-2H3. The van der Waals surface area contributed by atoms with Gasteiger partial charge in [-0.05, 0) is 48.2 Å². The van der Waals surface area contributed by atoms with E-state index in [1.54, 1.807) is 7.11 Å². The molecule has 0 saturated carbocycles. The highest BCUT2D eigenvalue weighted by Gasteiger charge is 2.09. The van der Waals surface area contributed by atoms with E-state index in [-0.39, 0.29) is 5.78 Å². The van der Waals surface area contributed by atoms with E-state index in [4.69, 9.17) is 4.74 Å². The molecule has 0 aliphatic carbocycles. The third-order valence-corrected chi connectivity index (χ3v) is 4.35. The smallest absolute Gasteiger partial charge is 0.137 e. The minimum Gasteiger partial charge on any atom is -0.497 e. The summed E-state index contributed by atoms with van der Waals surface area (Å²) < 4.78 is 6.16. The molecule has 0 aliphatic rings. The zero-order valence-corrected chi connectivity index (χ0v) is 13.9. The molecule has 2 rings (SSSR count). The van der Waals surface area contributed by atoms with Crippen molar-refractivity contribution < 1.29 is 9.53 Å². The fourth-order valence-electron chi connectivity index (χ4n) is 2.28. The number of carbonyl (C=O) groups excluding carboxylic acids is 1. The van der Waals surface area contributed by atoms with Gasteiger partial charge >= 0.3 is 0 Å². The fraction of sp³-hybridized carbons (Fsp3) is 0.278. The van der Waals surface area contributed by atoms with Gasteiger partial charge < -0.3 is 4.74 Å². The molecule has 0 radical (unpaired) electrons. The first-order valence-electron chi connectivity index (χ1n) is 6.99. The van der Waals surface area contributed by atoms with E-state index in [9.17, 15) is 4.79 Å². The van der Waals surface area contributed by atoms with Crippen LogP contribution in [0.3, 0.4) is 0 Å². The summed E-state index contributed by atoms with van der Waals surface area (Å²) in [5.41, 5.74) is 3.47. The van der Waals surface area contributed by atoms with Crippen LogP contribution in [-0.2, 0) is 17.6 Å². The molecule has 110 valence electrons. The average molecular weight is 347 g/mol. The van der Waals surface area contributed by atoms with Crippen molar-refractivity contribution in [2.75, 3.05) is 7.11 Å². The molecule has 2 aromatic carbocycles. The lowest BCUT2D eigenvalue weighted by atomic mass is 10.00. The summed E-state index contributed by atoms with van der Waals surface area (Å²) >= 11 is 3.49. The van der Waals surface area contributed by atoms with Gasteiger partial charge in [-0.1, -0.05) is 40.2 Å². The van der Waals surface area contributed by atoms with E-state index in [0.29, 0.717) is 12.8 Å². The molecule has 2 nitrogen and oxygen atoms in total. The third-order valence-electron chi connectivity index (χ3n) is 3.57. The summed E-state index contributed by atoms with van der Waals surface area (Å²) in [6.07, 6.45) is 1.80. The SMILES string of the molecule is COc1ccc(Br)c(CC(=O)CCc2ccccc2C)c1. The van der Waals surface area contributed by atoms with E-state index < -0.39 is 0 Å². The molecule has 0 N–H and O–H groups in total. The number of methoxy groups -OCH3 is 1. The zero-order valence-electron chi connectivity index (χ0n) is 12.4. The highest BCUT2D eigenvalue weighted by atomic mass is 79.9. The molecule has 0 aromatic heterocycles. The van der Waals surface area contributed by atoms with E-state index in [1.165, 1.54) is 11.1 Å². The Labute approximate surface area is 134 Å². The largest absolute Gasteiger partial charge is 0.497 e. The van der Waals surface area contributed by atoms with E-state index in [0.717, 1.165) is 22.2 Å². The van der Waals surface area contributed by atoms with Crippen molar-refractivity contribution in [1.82, 2.24) is 0 Å². The second-order valence-electron chi connectivity index (χ2n) is 5.10. The first-order valence-corrected chi connectivity index (χ1v) is 7.78. The number of benzene rings is 2. The third kappa shape index (κ3) is 4.43. The van der Waals surface area contributed by atoms with Gasteiger partial charge in [0.1, 0.15) is 11.5 Å². The molecule has 0 aliphatic heterocycles. The first-order chi connectivity index (χ1) is 10.1. The van der Waals surface area contributed by atoms with Gasteiger partial charge in [0.25, 0.3) is 0 Å². The predicted octanol–water partition coefficient (Wildman–Crippen LogP) is 4.51. The number of hydrogen-bond acceptors (Lipinski definition) is 2. The molecule has 0 spiro atoms. The lowest BCUT2D eigenvalue weighted by Gasteiger charge is -2.08. The van der Waals surface area contributed by atoms with Crippen molar-refractivity contribution in [3.05, 3.63) is 63.6 Å². The van der Waals surface area contributed by atoms with Gasteiger partial charge in [0, 0.05) is 17.3 Å². The topological polar surface area (TPSA) is 26.3 Å². The minimum atomic E-state index is 0.243. The maximum absolute atomic E-state index is 12.2. The highest BCUT2D eigenvalue weighted by Crippen LogP contribution is 2.23. The van der Waals surface area contributed by atoms with Gasteiger partial charge in [0.15, 0.2) is 0 Å². The molecular formula is C18H19BrO2. The van der Waals surface area contributed by atoms with Gasteiger partial charge in [0.2, 0.25) is 0 Å². The quantitative estimate of drug-likeness (QED) is 0.769. The Balaban J connectivity index is 1.97. The Morgan fingerprint density at radius 3 is 2.62 bits per heavy atom. The van der Waals surface area contributed by atoms with Crippen LogP contribution in [-0.4, -0.2) is 12.9 Å². The molecule has 0 heterocycles. The van der Waals surface area contributed by atoms with Gasteiger partial charge in [-0.15, -0.1) is 0 Å². The number of hydrogen-bond donors (Lipinski definition) is 0. The molecular weight excluding hydrogens is 328 g/mol. The van der Waals surface area contributed by atoms with Crippen LogP contribution in [0.2, 0.25) is 0 Å². The fourth-order valence-corrected chi connectivity index (χ4v) is 2.67. The number of halogens is 1. The second-order valence-corrected chi connectivity index (χ2v) is 5.95. The van der Waals surface area contributed by atoms with Crippen LogP contribution in [0.1, 0.15) is 23.1 Å². The van der Waals surface area contributed by atoms with Crippen LogP contribution in [0.4, 0.5) is 0 Å². The van der Waals surface area contributed by atoms with Crippen LogP contribution >= 0.6 is 15.9 Å².